The molecule has 1 aromatic carbocycles. The van der Waals surface area contributed by atoms with E-state index in [1.807, 2.05) is 6.20 Å². The van der Waals surface area contributed by atoms with E-state index in [-0.39, 0.29) is 17.9 Å². The van der Waals surface area contributed by atoms with Crippen molar-refractivity contribution < 1.29 is 13.6 Å². The van der Waals surface area contributed by atoms with Crippen LogP contribution in [0.3, 0.4) is 0 Å². The van der Waals surface area contributed by atoms with Gasteiger partial charge in [-0.2, -0.15) is 0 Å². The summed E-state index contributed by atoms with van der Waals surface area (Å²) in [7, 11) is 0. The lowest BCUT2D eigenvalue weighted by molar-refractivity contribution is 0.0982. The largest absolute Gasteiger partial charge is 0.349 e. The molecule has 0 spiro atoms. The second-order valence-electron chi connectivity index (χ2n) is 5.20. The maximum atomic E-state index is 13.6. The monoisotopic (exact) mass is 275 g/mol. The molecule has 1 aromatic heterocycles. The molecule has 0 saturated heterocycles. The second kappa shape index (κ2) is 5.19. The highest BCUT2D eigenvalue weighted by atomic mass is 19.1. The van der Waals surface area contributed by atoms with Gasteiger partial charge in [-0.3, -0.25) is 4.79 Å². The van der Waals surface area contributed by atoms with Gasteiger partial charge in [-0.05, 0) is 37.0 Å². The SMILES string of the molecule is O=C1CCCCc2cn(Cc3c(F)cccc3F)cc21. The van der Waals surface area contributed by atoms with Crippen LogP contribution in [0.25, 0.3) is 0 Å². The molecule has 0 amide bonds. The molecule has 0 radical (unpaired) electrons. The zero-order chi connectivity index (χ0) is 14.1. The lowest BCUT2D eigenvalue weighted by Crippen LogP contribution is -2.03. The van der Waals surface area contributed by atoms with Gasteiger partial charge in [0.05, 0.1) is 6.54 Å². The number of halogens is 2. The fourth-order valence-electron chi connectivity index (χ4n) is 2.70. The van der Waals surface area contributed by atoms with Crippen LogP contribution >= 0.6 is 0 Å². The third-order valence-corrected chi connectivity index (χ3v) is 3.77. The van der Waals surface area contributed by atoms with Crippen LogP contribution in [0.5, 0.6) is 0 Å². The minimum atomic E-state index is -0.555. The number of carbonyl (C=O) groups is 1. The molecule has 1 heterocycles. The summed E-state index contributed by atoms with van der Waals surface area (Å²) in [6.45, 7) is 0.110. The lowest BCUT2D eigenvalue weighted by atomic mass is 10.1. The van der Waals surface area contributed by atoms with Crippen LogP contribution in [-0.2, 0) is 13.0 Å². The maximum Gasteiger partial charge on any atom is 0.164 e. The molecule has 104 valence electrons. The summed E-state index contributed by atoms with van der Waals surface area (Å²) in [6.07, 6.45) is 6.87. The number of fused-ring (bicyclic) bond motifs is 1. The van der Waals surface area contributed by atoms with Crippen LogP contribution in [0.1, 0.15) is 40.7 Å². The maximum absolute atomic E-state index is 13.6. The van der Waals surface area contributed by atoms with Gasteiger partial charge in [0.25, 0.3) is 0 Å². The Morgan fingerprint density at radius 1 is 1.05 bits per heavy atom. The first kappa shape index (κ1) is 13.0. The number of nitrogens with zero attached hydrogens (tertiary/aromatic N) is 1. The molecule has 2 aromatic rings. The van der Waals surface area contributed by atoms with Crippen molar-refractivity contribution in [3.8, 4) is 0 Å². The normalized spacial score (nSPS) is 15.0. The molecule has 3 rings (SSSR count). The average Bonchev–Trinajstić information content (AvgIpc) is 2.74. The molecule has 0 bridgehead atoms. The molecule has 4 heteroatoms. The number of rotatable bonds is 2. The number of Topliss-reactive ketones (excluding diaryl/α,β-unsaturated/α-hetero) is 1. The van der Waals surface area contributed by atoms with E-state index in [0.29, 0.717) is 12.0 Å². The Bertz CT molecular complexity index is 640. The molecular weight excluding hydrogens is 260 g/mol. The van der Waals surface area contributed by atoms with E-state index >= 15 is 0 Å². The quantitative estimate of drug-likeness (QED) is 0.766. The number of hydrogen-bond donors (Lipinski definition) is 0. The second-order valence-corrected chi connectivity index (χ2v) is 5.20. The minimum absolute atomic E-state index is 0.0325. The van der Waals surface area contributed by atoms with Crippen molar-refractivity contribution in [1.82, 2.24) is 4.57 Å². The van der Waals surface area contributed by atoms with Crippen molar-refractivity contribution >= 4 is 5.78 Å². The number of aromatic nitrogens is 1. The van der Waals surface area contributed by atoms with Gasteiger partial charge in [-0.15, -0.1) is 0 Å². The highest BCUT2D eigenvalue weighted by Crippen LogP contribution is 2.23. The molecule has 20 heavy (non-hydrogen) atoms. The first-order chi connectivity index (χ1) is 9.65. The summed E-state index contributed by atoms with van der Waals surface area (Å²) >= 11 is 0. The van der Waals surface area contributed by atoms with Gasteiger partial charge in [0.2, 0.25) is 0 Å². The number of hydrogen-bond acceptors (Lipinski definition) is 1. The van der Waals surface area contributed by atoms with Gasteiger partial charge < -0.3 is 4.57 Å². The summed E-state index contributed by atoms with van der Waals surface area (Å²) < 4.78 is 29.0. The topological polar surface area (TPSA) is 22.0 Å². The Kier molecular flexibility index (Phi) is 3.38. The standard InChI is InChI=1S/C16H15F2NO/c17-14-5-3-6-15(18)13(14)10-19-8-11-4-1-2-7-16(20)12(11)9-19/h3,5-6,8-9H,1-2,4,7,10H2. The van der Waals surface area contributed by atoms with Crippen LogP contribution in [0.4, 0.5) is 8.78 Å². The van der Waals surface area contributed by atoms with E-state index in [4.69, 9.17) is 0 Å². The summed E-state index contributed by atoms with van der Waals surface area (Å²) in [4.78, 5) is 11.9. The predicted octanol–water partition coefficient (Wildman–Crippen LogP) is 3.72. The predicted molar refractivity (Wildman–Crippen MR) is 71.8 cm³/mol. The summed E-state index contributed by atoms with van der Waals surface area (Å²) in [5, 5.41) is 0. The fraction of sp³-hybridized carbons (Fsp3) is 0.312. The summed E-state index contributed by atoms with van der Waals surface area (Å²) in [5.74, 6) is -0.981. The first-order valence-electron chi connectivity index (χ1n) is 6.80. The number of aryl methyl sites for hydroxylation is 1. The number of carbonyl (C=O) groups excluding carboxylic acids is 1. The van der Waals surface area contributed by atoms with E-state index in [1.165, 1.54) is 18.2 Å². The third kappa shape index (κ3) is 2.38. The Labute approximate surface area is 116 Å². The van der Waals surface area contributed by atoms with Gasteiger partial charge in [0, 0.05) is 29.9 Å². The number of ketones is 1. The van der Waals surface area contributed by atoms with E-state index in [1.54, 1.807) is 10.8 Å². The Morgan fingerprint density at radius 2 is 1.75 bits per heavy atom. The Morgan fingerprint density at radius 3 is 2.50 bits per heavy atom. The van der Waals surface area contributed by atoms with Crippen LogP contribution in [0.15, 0.2) is 30.6 Å². The molecular formula is C16H15F2NO. The summed E-state index contributed by atoms with van der Waals surface area (Å²) in [6, 6.07) is 3.85. The Hall–Kier alpha value is -1.97. The highest BCUT2D eigenvalue weighted by Gasteiger charge is 2.18. The van der Waals surface area contributed by atoms with E-state index in [2.05, 4.69) is 0 Å². The first-order valence-corrected chi connectivity index (χ1v) is 6.80. The molecule has 0 aliphatic heterocycles. The molecule has 0 saturated carbocycles. The van der Waals surface area contributed by atoms with Gasteiger partial charge in [0.1, 0.15) is 11.6 Å². The molecule has 1 aliphatic carbocycles. The molecule has 0 atom stereocenters. The van der Waals surface area contributed by atoms with Crippen molar-refractivity contribution in [2.24, 2.45) is 0 Å². The van der Waals surface area contributed by atoms with E-state index in [9.17, 15) is 13.6 Å². The van der Waals surface area contributed by atoms with E-state index in [0.717, 1.165) is 24.8 Å². The van der Waals surface area contributed by atoms with Crippen LogP contribution in [0, 0.1) is 11.6 Å². The van der Waals surface area contributed by atoms with Gasteiger partial charge in [-0.25, -0.2) is 8.78 Å². The van der Waals surface area contributed by atoms with Crippen molar-refractivity contribution in [1.29, 1.82) is 0 Å². The molecule has 0 fully saturated rings. The van der Waals surface area contributed by atoms with Crippen molar-refractivity contribution in [3.63, 3.8) is 0 Å². The molecule has 2 nitrogen and oxygen atoms in total. The van der Waals surface area contributed by atoms with Gasteiger partial charge in [0.15, 0.2) is 5.78 Å². The molecule has 1 aliphatic rings. The third-order valence-electron chi connectivity index (χ3n) is 3.77. The molecule has 0 N–H and O–H groups in total. The molecule has 0 unspecified atom stereocenters. The van der Waals surface area contributed by atoms with Gasteiger partial charge in [-0.1, -0.05) is 6.07 Å². The average molecular weight is 275 g/mol. The van der Waals surface area contributed by atoms with Crippen molar-refractivity contribution in [3.05, 3.63) is 58.9 Å². The van der Waals surface area contributed by atoms with Crippen LogP contribution in [-0.4, -0.2) is 10.4 Å². The van der Waals surface area contributed by atoms with Crippen molar-refractivity contribution in [2.45, 2.75) is 32.2 Å². The van der Waals surface area contributed by atoms with Crippen LogP contribution < -0.4 is 0 Å². The highest BCUT2D eigenvalue weighted by molar-refractivity contribution is 5.97. The van der Waals surface area contributed by atoms with Gasteiger partial charge >= 0.3 is 0 Å². The van der Waals surface area contributed by atoms with E-state index < -0.39 is 11.6 Å². The lowest BCUT2D eigenvalue weighted by Gasteiger charge is -2.06. The zero-order valence-electron chi connectivity index (χ0n) is 11.0. The van der Waals surface area contributed by atoms with Crippen LogP contribution in [0.2, 0.25) is 0 Å². The fourth-order valence-corrected chi connectivity index (χ4v) is 2.70. The summed E-state index contributed by atoms with van der Waals surface area (Å²) in [5.41, 5.74) is 1.73. The minimum Gasteiger partial charge on any atom is -0.349 e. The number of benzene rings is 1. The zero-order valence-corrected chi connectivity index (χ0v) is 11.0. The van der Waals surface area contributed by atoms with Crippen molar-refractivity contribution in [2.75, 3.05) is 0 Å². The Balaban J connectivity index is 1.93. The smallest absolute Gasteiger partial charge is 0.164 e.